The third-order valence-electron chi connectivity index (χ3n) is 3.01. The van der Waals surface area contributed by atoms with E-state index in [1.54, 1.807) is 30.3 Å². The van der Waals surface area contributed by atoms with Gasteiger partial charge in [0.25, 0.3) is 0 Å². The standard InChI is InChI=1S/C15H10ClN3O3/c16-13-5-3-10-8-11(2-4-12(10)18-13)15(20)22-9-14-17-6-1-7-19(14)21/h1-8H,9H2. The minimum Gasteiger partial charge on any atom is -0.711 e. The third-order valence-corrected chi connectivity index (χ3v) is 3.22. The molecule has 1 aromatic carbocycles. The second kappa shape index (κ2) is 5.95. The molecule has 0 fully saturated rings. The first-order valence-electron chi connectivity index (χ1n) is 6.40. The molecule has 0 spiro atoms. The lowest BCUT2D eigenvalue weighted by Gasteiger charge is -2.06. The van der Waals surface area contributed by atoms with Gasteiger partial charge in [0.1, 0.15) is 11.3 Å². The van der Waals surface area contributed by atoms with Crippen molar-refractivity contribution < 1.29 is 14.3 Å². The van der Waals surface area contributed by atoms with Crippen molar-refractivity contribution in [3.05, 3.63) is 70.5 Å². The number of carbonyl (C=O) groups is 1. The molecule has 0 N–H and O–H groups in total. The number of carbonyl (C=O) groups excluding carboxylic acids is 1. The fraction of sp³-hybridized carbons (Fsp3) is 0.0667. The first-order chi connectivity index (χ1) is 10.6. The molecule has 0 aliphatic rings. The third kappa shape index (κ3) is 2.96. The van der Waals surface area contributed by atoms with Crippen molar-refractivity contribution in [3.63, 3.8) is 0 Å². The Morgan fingerprint density at radius 1 is 1.32 bits per heavy atom. The van der Waals surface area contributed by atoms with E-state index >= 15 is 0 Å². The van der Waals surface area contributed by atoms with E-state index in [0.29, 0.717) is 21.0 Å². The Kier molecular flexibility index (Phi) is 3.84. The van der Waals surface area contributed by atoms with Crippen molar-refractivity contribution in [1.82, 2.24) is 9.97 Å². The summed E-state index contributed by atoms with van der Waals surface area (Å²) in [7, 11) is 0. The van der Waals surface area contributed by atoms with Gasteiger partial charge in [-0.05, 0) is 35.3 Å². The predicted octanol–water partition coefficient (Wildman–Crippen LogP) is 2.27. The largest absolute Gasteiger partial charge is 0.711 e. The van der Waals surface area contributed by atoms with Crippen molar-refractivity contribution in [2.24, 2.45) is 0 Å². The zero-order chi connectivity index (χ0) is 15.5. The van der Waals surface area contributed by atoms with Crippen LogP contribution in [0.4, 0.5) is 0 Å². The van der Waals surface area contributed by atoms with Gasteiger partial charge in [-0.3, -0.25) is 0 Å². The van der Waals surface area contributed by atoms with Gasteiger partial charge in [-0.2, -0.15) is 0 Å². The van der Waals surface area contributed by atoms with E-state index in [9.17, 15) is 10.0 Å². The molecule has 22 heavy (non-hydrogen) atoms. The number of fused-ring (bicyclic) bond motifs is 1. The van der Waals surface area contributed by atoms with Crippen molar-refractivity contribution in [1.29, 1.82) is 0 Å². The zero-order valence-corrected chi connectivity index (χ0v) is 12.0. The molecule has 7 heteroatoms. The average Bonchev–Trinajstić information content (AvgIpc) is 2.53. The van der Waals surface area contributed by atoms with Crippen molar-refractivity contribution in [2.75, 3.05) is 0 Å². The molecule has 0 radical (unpaired) electrons. The molecule has 0 atom stereocenters. The highest BCUT2D eigenvalue weighted by Crippen LogP contribution is 2.17. The maximum absolute atomic E-state index is 12.0. The number of pyridine rings is 1. The summed E-state index contributed by atoms with van der Waals surface area (Å²) >= 11 is 5.81. The number of nitrogens with zero attached hydrogens (tertiary/aromatic N) is 3. The summed E-state index contributed by atoms with van der Waals surface area (Å²) in [4.78, 5) is 20.0. The smallest absolute Gasteiger partial charge is 0.339 e. The number of esters is 1. The normalized spacial score (nSPS) is 10.6. The van der Waals surface area contributed by atoms with Gasteiger partial charge < -0.3 is 9.94 Å². The number of hydrogen-bond donors (Lipinski definition) is 0. The fourth-order valence-electron chi connectivity index (χ4n) is 1.93. The molecule has 0 saturated heterocycles. The van der Waals surface area contributed by atoms with Crippen molar-refractivity contribution >= 4 is 28.5 Å². The van der Waals surface area contributed by atoms with E-state index in [4.69, 9.17) is 16.3 Å². The lowest BCUT2D eigenvalue weighted by Crippen LogP contribution is -2.33. The van der Waals surface area contributed by atoms with Crippen LogP contribution in [0.15, 0.2) is 48.8 Å². The quantitative estimate of drug-likeness (QED) is 0.320. The van der Waals surface area contributed by atoms with Crippen LogP contribution in [0.2, 0.25) is 5.15 Å². The van der Waals surface area contributed by atoms with E-state index in [-0.39, 0.29) is 12.4 Å². The number of hydrogen-bond acceptors (Lipinski definition) is 5. The summed E-state index contributed by atoms with van der Waals surface area (Å²) in [6.07, 6.45) is 2.75. The number of rotatable bonds is 3. The Hall–Kier alpha value is -2.73. The molecule has 6 nitrogen and oxygen atoms in total. The molecule has 0 saturated carbocycles. The van der Waals surface area contributed by atoms with Crippen LogP contribution in [0.5, 0.6) is 0 Å². The van der Waals surface area contributed by atoms with E-state index in [1.807, 2.05) is 0 Å². The maximum atomic E-state index is 12.0. The molecule has 110 valence electrons. The minimum atomic E-state index is -0.539. The van der Waals surface area contributed by atoms with Crippen LogP contribution in [0.25, 0.3) is 10.9 Å². The van der Waals surface area contributed by atoms with E-state index in [1.165, 1.54) is 18.5 Å². The second-order valence-corrected chi connectivity index (χ2v) is 4.87. The van der Waals surface area contributed by atoms with Crippen LogP contribution in [0.3, 0.4) is 0 Å². The van der Waals surface area contributed by atoms with E-state index in [0.717, 1.165) is 5.39 Å². The Bertz CT molecular complexity index is 854. The predicted molar refractivity (Wildman–Crippen MR) is 79.1 cm³/mol. The maximum Gasteiger partial charge on any atom is 0.339 e. The topological polar surface area (TPSA) is 79.0 Å². The highest BCUT2D eigenvalue weighted by Gasteiger charge is 2.13. The number of aromatic nitrogens is 3. The van der Waals surface area contributed by atoms with Gasteiger partial charge >= 0.3 is 11.8 Å². The molecule has 2 heterocycles. The first kappa shape index (κ1) is 14.2. The highest BCUT2D eigenvalue weighted by atomic mass is 35.5. The molecule has 0 aliphatic carbocycles. The Balaban J connectivity index is 1.77. The minimum absolute atomic E-state index is 0.116. The molecule has 3 aromatic rings. The van der Waals surface area contributed by atoms with Crippen LogP contribution in [-0.2, 0) is 11.3 Å². The monoisotopic (exact) mass is 315 g/mol. The van der Waals surface area contributed by atoms with E-state index in [2.05, 4.69) is 9.97 Å². The SMILES string of the molecule is O=C(OCc1nccc[n+]1[O-])c1ccc2nc(Cl)ccc2c1. The highest BCUT2D eigenvalue weighted by molar-refractivity contribution is 6.29. The Labute approximate surface area is 130 Å². The Morgan fingerprint density at radius 3 is 3.00 bits per heavy atom. The summed E-state index contributed by atoms with van der Waals surface area (Å²) in [5, 5.41) is 12.6. The molecule has 0 amide bonds. The number of benzene rings is 1. The number of ether oxygens (including phenoxy) is 1. The second-order valence-electron chi connectivity index (χ2n) is 4.48. The summed E-state index contributed by atoms with van der Waals surface area (Å²) in [5.41, 5.74) is 1.05. The van der Waals surface area contributed by atoms with Gasteiger partial charge in [0.15, 0.2) is 6.61 Å². The number of halogens is 1. The van der Waals surface area contributed by atoms with Crippen LogP contribution in [0, 0.1) is 5.21 Å². The van der Waals surface area contributed by atoms with Crippen molar-refractivity contribution in [2.45, 2.75) is 6.61 Å². The van der Waals surface area contributed by atoms with Crippen LogP contribution in [0.1, 0.15) is 16.2 Å². The van der Waals surface area contributed by atoms with Gasteiger partial charge in [-0.1, -0.05) is 11.6 Å². The first-order valence-corrected chi connectivity index (χ1v) is 6.78. The molecular formula is C15H10ClN3O3. The van der Waals surface area contributed by atoms with E-state index < -0.39 is 5.97 Å². The van der Waals surface area contributed by atoms with Crippen LogP contribution >= 0.6 is 11.6 Å². The van der Waals surface area contributed by atoms with Gasteiger partial charge in [-0.25, -0.2) is 14.5 Å². The Morgan fingerprint density at radius 2 is 2.18 bits per heavy atom. The van der Waals surface area contributed by atoms with Crippen LogP contribution in [-0.4, -0.2) is 15.9 Å². The lowest BCUT2D eigenvalue weighted by molar-refractivity contribution is -0.620. The van der Waals surface area contributed by atoms with Crippen molar-refractivity contribution in [3.8, 4) is 0 Å². The summed E-state index contributed by atoms with van der Waals surface area (Å²) in [5.74, 6) is -0.424. The molecular weight excluding hydrogens is 306 g/mol. The average molecular weight is 316 g/mol. The van der Waals surface area contributed by atoms with Gasteiger partial charge in [0.2, 0.25) is 0 Å². The molecule has 0 aliphatic heterocycles. The van der Waals surface area contributed by atoms with Gasteiger partial charge in [-0.15, -0.1) is 0 Å². The molecule has 0 bridgehead atoms. The van der Waals surface area contributed by atoms with Gasteiger partial charge in [0.05, 0.1) is 17.3 Å². The molecule has 2 aromatic heterocycles. The summed E-state index contributed by atoms with van der Waals surface area (Å²) < 4.78 is 5.65. The van der Waals surface area contributed by atoms with Crippen LogP contribution < -0.4 is 4.73 Å². The summed E-state index contributed by atoms with van der Waals surface area (Å²) in [6, 6.07) is 9.85. The lowest BCUT2D eigenvalue weighted by atomic mass is 10.1. The molecule has 0 unspecified atom stereocenters. The fourth-order valence-corrected chi connectivity index (χ4v) is 2.08. The molecule has 3 rings (SSSR count). The summed E-state index contributed by atoms with van der Waals surface area (Å²) in [6.45, 7) is -0.194. The van der Waals surface area contributed by atoms with Gasteiger partial charge in [0, 0.05) is 11.5 Å². The zero-order valence-electron chi connectivity index (χ0n) is 11.3.